The molecule has 0 fully saturated rings. The number of halogens is 2. The van der Waals surface area contributed by atoms with Gasteiger partial charge in [-0.3, -0.25) is 9.69 Å². The number of carbonyl (C=O) groups is 2. The second-order valence-electron chi connectivity index (χ2n) is 12.2. The van der Waals surface area contributed by atoms with Gasteiger partial charge in [-0.1, -0.05) is 36.2 Å². The minimum Gasteiger partial charge on any atom is -0.490 e. The number of amides is 3. The third kappa shape index (κ3) is 10.8. The van der Waals surface area contributed by atoms with Gasteiger partial charge in [0.05, 0.1) is 40.5 Å². The van der Waals surface area contributed by atoms with Crippen molar-refractivity contribution in [3.63, 3.8) is 0 Å². The van der Waals surface area contributed by atoms with Gasteiger partial charge < -0.3 is 30.1 Å². The van der Waals surface area contributed by atoms with Crippen LogP contribution in [0.5, 0.6) is 5.75 Å². The van der Waals surface area contributed by atoms with E-state index in [1.807, 2.05) is 46.9 Å². The quantitative estimate of drug-likeness (QED) is 0.303. The van der Waals surface area contributed by atoms with Gasteiger partial charge in [-0.25, -0.2) is 4.79 Å². The van der Waals surface area contributed by atoms with Crippen molar-refractivity contribution in [2.24, 2.45) is 5.92 Å². The number of ether oxygens (including phenoxy) is 2. The summed E-state index contributed by atoms with van der Waals surface area (Å²) in [5, 5.41) is 16.8. The van der Waals surface area contributed by atoms with Gasteiger partial charge in [-0.2, -0.15) is 0 Å². The summed E-state index contributed by atoms with van der Waals surface area (Å²) in [6.45, 7) is 11.7. The minimum absolute atomic E-state index is 0.0429. The van der Waals surface area contributed by atoms with E-state index >= 15 is 0 Å². The van der Waals surface area contributed by atoms with Crippen LogP contribution in [0.25, 0.3) is 0 Å². The summed E-state index contributed by atoms with van der Waals surface area (Å²) in [6, 6.07) is 9.89. The van der Waals surface area contributed by atoms with Crippen LogP contribution in [0.4, 0.5) is 10.5 Å². The van der Waals surface area contributed by atoms with Crippen LogP contribution in [0.1, 0.15) is 69.8 Å². The van der Waals surface area contributed by atoms with Gasteiger partial charge in [0.15, 0.2) is 0 Å². The maximum Gasteiger partial charge on any atom is 0.319 e. The van der Waals surface area contributed by atoms with Gasteiger partial charge in [0.2, 0.25) is 0 Å². The van der Waals surface area contributed by atoms with E-state index in [2.05, 4.69) is 22.5 Å². The highest BCUT2D eigenvalue weighted by Gasteiger charge is 2.30. The Morgan fingerprint density at radius 1 is 1.11 bits per heavy atom. The summed E-state index contributed by atoms with van der Waals surface area (Å²) in [4.78, 5) is 30.5. The van der Waals surface area contributed by atoms with Gasteiger partial charge in [-0.15, -0.1) is 0 Å². The van der Waals surface area contributed by atoms with E-state index in [0.29, 0.717) is 53.3 Å². The molecule has 3 rings (SSSR count). The Morgan fingerprint density at radius 3 is 2.55 bits per heavy atom. The number of aliphatic hydroxyl groups excluding tert-OH is 1. The van der Waals surface area contributed by atoms with Crippen molar-refractivity contribution in [3.8, 4) is 5.75 Å². The Morgan fingerprint density at radius 2 is 1.86 bits per heavy atom. The number of nitrogens with zero attached hydrogens (tertiary/aromatic N) is 2. The molecule has 44 heavy (non-hydrogen) atoms. The summed E-state index contributed by atoms with van der Waals surface area (Å²) < 4.78 is 12.7. The number of fused-ring (bicyclic) bond motifs is 1. The second kappa shape index (κ2) is 17.2. The van der Waals surface area contributed by atoms with Gasteiger partial charge in [-0.05, 0) is 89.9 Å². The topological polar surface area (TPSA) is 103 Å². The Hall–Kier alpha value is -2.56. The van der Waals surface area contributed by atoms with Gasteiger partial charge >= 0.3 is 6.03 Å². The fourth-order valence-electron chi connectivity index (χ4n) is 5.21. The molecular weight excluding hydrogens is 603 g/mol. The number of urea groups is 1. The molecule has 244 valence electrons. The van der Waals surface area contributed by atoms with E-state index in [4.69, 9.17) is 32.7 Å². The van der Waals surface area contributed by atoms with Crippen molar-refractivity contribution >= 4 is 40.8 Å². The van der Waals surface area contributed by atoms with Crippen LogP contribution in [-0.4, -0.2) is 84.5 Å². The molecule has 2 aromatic rings. The van der Waals surface area contributed by atoms with E-state index in [9.17, 15) is 14.7 Å². The molecule has 0 unspecified atom stereocenters. The van der Waals surface area contributed by atoms with Crippen LogP contribution in [0, 0.1) is 5.92 Å². The molecule has 0 bridgehead atoms. The first-order valence-corrected chi connectivity index (χ1v) is 16.2. The molecule has 0 spiro atoms. The van der Waals surface area contributed by atoms with Gasteiger partial charge in [0, 0.05) is 43.9 Å². The van der Waals surface area contributed by atoms with Crippen LogP contribution < -0.4 is 15.4 Å². The zero-order valence-corrected chi connectivity index (χ0v) is 28.3. The predicted octanol–water partition coefficient (Wildman–Crippen LogP) is 6.45. The van der Waals surface area contributed by atoms with E-state index in [-0.39, 0.29) is 42.7 Å². The number of anilines is 1. The second-order valence-corrected chi connectivity index (χ2v) is 13.0. The SMILES string of the molecule is CC(C)NC(=O)Nc1ccc2c(c1)C(=O)N([C@@H](C)CO)C[C@H](C)[C@H](CN(C)Cc1ccc(Cl)c(Cl)c1)OCCCC[C@@H](C)O2. The summed E-state index contributed by atoms with van der Waals surface area (Å²) in [6.07, 6.45) is 2.27. The number of rotatable bonds is 8. The largest absolute Gasteiger partial charge is 0.490 e. The molecule has 9 nitrogen and oxygen atoms in total. The van der Waals surface area contributed by atoms with Gasteiger partial charge in [0.1, 0.15) is 5.75 Å². The molecule has 1 aliphatic heterocycles. The standard InChI is InChI=1S/C33H48Cl2N4O5/c1-21(2)36-33(42)37-26-11-13-30-27(16-26)32(41)39(23(4)20-40)17-22(3)31(43-14-8-7-9-24(5)44-30)19-38(6)18-25-10-12-28(34)29(35)15-25/h10-13,15-16,21-24,31,40H,7-9,14,17-20H2,1-6H3,(H2,36,37,42)/t22-,23-,24+,31-/m0/s1. The highest BCUT2D eigenvalue weighted by molar-refractivity contribution is 6.42. The molecule has 0 aliphatic carbocycles. The molecule has 4 atom stereocenters. The third-order valence-electron chi connectivity index (χ3n) is 7.66. The fraction of sp³-hybridized carbons (Fsp3) is 0.576. The molecule has 0 saturated heterocycles. The molecule has 3 N–H and O–H groups in total. The average Bonchev–Trinajstić information content (AvgIpc) is 2.96. The van der Waals surface area contributed by atoms with Crippen LogP contribution in [0.15, 0.2) is 36.4 Å². The van der Waals surface area contributed by atoms with E-state index in [1.165, 1.54) is 0 Å². The first-order chi connectivity index (χ1) is 20.9. The third-order valence-corrected chi connectivity index (χ3v) is 8.40. The molecule has 0 aromatic heterocycles. The molecule has 3 amide bonds. The number of benzene rings is 2. The lowest BCUT2D eigenvalue weighted by Crippen LogP contribution is -2.47. The molecular formula is C33H48Cl2N4O5. The van der Waals surface area contributed by atoms with E-state index in [0.717, 1.165) is 24.8 Å². The molecule has 1 heterocycles. The van der Waals surface area contributed by atoms with Crippen molar-refractivity contribution in [2.45, 2.75) is 84.7 Å². The maximum atomic E-state index is 14.2. The minimum atomic E-state index is -0.460. The Labute approximate surface area is 272 Å². The average molecular weight is 652 g/mol. The molecule has 1 aliphatic rings. The zero-order valence-electron chi connectivity index (χ0n) is 26.7. The first kappa shape index (κ1) is 35.9. The van der Waals surface area contributed by atoms with Crippen molar-refractivity contribution in [1.29, 1.82) is 0 Å². The zero-order chi connectivity index (χ0) is 32.4. The molecule has 0 saturated carbocycles. The van der Waals surface area contributed by atoms with Crippen molar-refractivity contribution in [1.82, 2.24) is 15.1 Å². The van der Waals surface area contributed by atoms with Crippen molar-refractivity contribution in [3.05, 3.63) is 57.6 Å². The summed E-state index contributed by atoms with van der Waals surface area (Å²) in [7, 11) is 2.03. The first-order valence-electron chi connectivity index (χ1n) is 15.4. The van der Waals surface area contributed by atoms with E-state index in [1.54, 1.807) is 29.2 Å². The lowest BCUT2D eigenvalue weighted by molar-refractivity contribution is -0.0177. The van der Waals surface area contributed by atoms with Gasteiger partial charge in [0.25, 0.3) is 5.91 Å². The highest BCUT2D eigenvalue weighted by Crippen LogP contribution is 2.29. The lowest BCUT2D eigenvalue weighted by atomic mass is 10.0. The fourth-order valence-corrected chi connectivity index (χ4v) is 5.53. The Balaban J connectivity index is 1.90. The molecule has 11 heteroatoms. The normalized spacial score (nSPS) is 20.9. The maximum absolute atomic E-state index is 14.2. The number of aliphatic hydroxyl groups is 1. The number of nitrogens with one attached hydrogen (secondary N) is 2. The predicted molar refractivity (Wildman–Crippen MR) is 177 cm³/mol. The Kier molecular flexibility index (Phi) is 14.1. The number of likely N-dealkylation sites (N-methyl/N-ethyl adjacent to an activating group) is 1. The summed E-state index contributed by atoms with van der Waals surface area (Å²) >= 11 is 12.4. The number of carbonyl (C=O) groups excluding carboxylic acids is 2. The summed E-state index contributed by atoms with van der Waals surface area (Å²) in [5.41, 5.74) is 1.85. The molecule has 2 aromatic carbocycles. The van der Waals surface area contributed by atoms with Crippen LogP contribution in [-0.2, 0) is 11.3 Å². The molecule has 0 radical (unpaired) electrons. The van der Waals surface area contributed by atoms with E-state index < -0.39 is 6.04 Å². The Bertz CT molecular complexity index is 1250. The lowest BCUT2D eigenvalue weighted by Gasteiger charge is -2.36. The van der Waals surface area contributed by atoms with Crippen molar-refractivity contribution in [2.75, 3.05) is 38.7 Å². The van der Waals surface area contributed by atoms with Crippen LogP contribution in [0.3, 0.4) is 0 Å². The summed E-state index contributed by atoms with van der Waals surface area (Å²) in [5.74, 6) is 0.105. The highest BCUT2D eigenvalue weighted by atomic mass is 35.5. The monoisotopic (exact) mass is 650 g/mol. The number of hydrogen-bond acceptors (Lipinski definition) is 6. The smallest absolute Gasteiger partial charge is 0.319 e. The van der Waals surface area contributed by atoms with Crippen molar-refractivity contribution < 1.29 is 24.2 Å². The number of hydrogen-bond donors (Lipinski definition) is 3. The van der Waals surface area contributed by atoms with Crippen LogP contribution >= 0.6 is 23.2 Å². The van der Waals surface area contributed by atoms with Crippen LogP contribution in [0.2, 0.25) is 10.0 Å².